The zero-order valence-corrected chi connectivity index (χ0v) is 27.2. The summed E-state index contributed by atoms with van der Waals surface area (Å²) in [6.45, 7) is 6.56. The Kier molecular flexibility index (Phi) is 7.93. The average Bonchev–Trinajstić information content (AvgIpc) is 3.72. The van der Waals surface area contributed by atoms with Crippen molar-refractivity contribution in [3.63, 3.8) is 0 Å². The van der Waals surface area contributed by atoms with Crippen LogP contribution in [-0.2, 0) is 31.2 Å². The molecule has 0 aliphatic carbocycles. The summed E-state index contributed by atoms with van der Waals surface area (Å²) in [7, 11) is -3.44. The second-order valence-corrected chi connectivity index (χ2v) is 17.2. The van der Waals surface area contributed by atoms with Crippen LogP contribution in [0.15, 0.2) is 46.9 Å². The number of aliphatic hydroxyl groups is 1. The number of halogens is 2. The normalized spacial score (nSPS) is 28.7. The molecule has 5 atom stereocenters. The summed E-state index contributed by atoms with van der Waals surface area (Å²) in [5, 5.41) is 9.79. The van der Waals surface area contributed by atoms with Gasteiger partial charge in [0.05, 0.1) is 44.0 Å². The molecule has 6 rings (SSSR count). The van der Waals surface area contributed by atoms with E-state index >= 15 is 4.11 Å². The molecule has 0 radical (unpaired) electrons. The first-order valence-corrected chi connectivity index (χ1v) is 18.6. The molecular formula is C31H37BrFN3O6Si. The maximum atomic E-state index is 16.2. The van der Waals surface area contributed by atoms with E-state index in [1.165, 1.54) is 0 Å². The Labute approximate surface area is 260 Å². The third-order valence-electron chi connectivity index (χ3n) is 9.53. The number of hydrogen-bond donors (Lipinski definition) is 1. The lowest BCUT2D eigenvalue weighted by atomic mass is 9.82. The molecule has 0 unspecified atom stereocenters. The van der Waals surface area contributed by atoms with E-state index in [-0.39, 0.29) is 37.4 Å². The van der Waals surface area contributed by atoms with Crippen LogP contribution in [0.1, 0.15) is 37.3 Å². The van der Waals surface area contributed by atoms with Crippen molar-refractivity contribution in [2.24, 2.45) is 5.92 Å². The maximum absolute atomic E-state index is 16.2. The summed E-state index contributed by atoms with van der Waals surface area (Å²) >= 11 is 3.56. The number of ether oxygens (including phenoxy) is 2. The number of rotatable bonds is 7. The molecule has 2 aromatic carbocycles. The molecule has 0 saturated carbocycles. The lowest BCUT2D eigenvalue weighted by molar-refractivity contribution is -0.150. The smallest absolute Gasteiger partial charge is 0.414 e. The van der Waals surface area contributed by atoms with Crippen molar-refractivity contribution in [1.29, 1.82) is 0 Å². The minimum Gasteiger partial charge on any atom is -0.447 e. The molecule has 0 bridgehead atoms. The van der Waals surface area contributed by atoms with Crippen molar-refractivity contribution in [2.45, 2.75) is 69.1 Å². The van der Waals surface area contributed by atoms with Crippen LogP contribution in [0.4, 0.5) is 20.3 Å². The maximum Gasteiger partial charge on any atom is 0.414 e. The highest BCUT2D eigenvalue weighted by Crippen LogP contribution is 2.60. The van der Waals surface area contributed by atoms with E-state index in [0.29, 0.717) is 36.6 Å². The van der Waals surface area contributed by atoms with Gasteiger partial charge in [-0.2, -0.15) is 0 Å². The Morgan fingerprint density at radius 3 is 2.67 bits per heavy atom. The molecule has 1 N–H and O–H groups in total. The van der Waals surface area contributed by atoms with E-state index in [2.05, 4.69) is 15.9 Å². The number of aliphatic hydroxyl groups excluding tert-OH is 1. The summed E-state index contributed by atoms with van der Waals surface area (Å²) in [4.78, 5) is 45.2. The number of carbonyl (C=O) groups is 3. The predicted octanol–water partition coefficient (Wildman–Crippen LogP) is 5.10. The Bertz CT molecular complexity index is 1450. The van der Waals surface area contributed by atoms with Gasteiger partial charge in [0.2, 0.25) is 14.3 Å². The SMILES string of the molecule is C[C@H]1[C@H]([Si](C)(C)F)[C@@H](CC(=O)N2CCC[C@H]2CO)O[C@]12C(=O)N(Cc1cccc(N3CCOC3=O)c1)c1ccc(Br)cc12. The Hall–Kier alpha value is -2.80. The van der Waals surface area contributed by atoms with E-state index in [1.807, 2.05) is 49.4 Å². The molecule has 2 aromatic rings. The largest absolute Gasteiger partial charge is 0.447 e. The molecule has 4 aliphatic rings. The standard InChI is InChI=1S/C31H37BrFN3O6Si/c1-19-28(43(2,3)33)26(16-27(38)34-11-5-8-23(34)18-37)42-31(19)24-15-21(32)9-10-25(24)36(29(31)39)17-20-6-4-7-22(14-20)35-12-13-41-30(35)40/h4,6-7,9-10,14-15,19,23,26,28,37H,5,8,11-13,16-18H2,1-3H3/t19-,23-,26+,28-,31+/m0/s1. The van der Waals surface area contributed by atoms with Crippen LogP contribution in [0, 0.1) is 5.92 Å². The summed E-state index contributed by atoms with van der Waals surface area (Å²) < 4.78 is 28.8. The van der Waals surface area contributed by atoms with Crippen molar-refractivity contribution in [1.82, 2.24) is 4.90 Å². The second-order valence-electron chi connectivity index (χ2n) is 12.5. The molecule has 4 heterocycles. The fraction of sp³-hybridized carbons (Fsp3) is 0.516. The number of cyclic esters (lactones) is 1. The molecular weight excluding hydrogens is 637 g/mol. The van der Waals surface area contributed by atoms with E-state index in [0.717, 1.165) is 22.9 Å². The Balaban J connectivity index is 1.35. The van der Waals surface area contributed by atoms with Gasteiger partial charge >= 0.3 is 6.09 Å². The first-order chi connectivity index (χ1) is 20.5. The van der Waals surface area contributed by atoms with Crippen LogP contribution < -0.4 is 9.80 Å². The molecule has 230 valence electrons. The monoisotopic (exact) mass is 673 g/mol. The van der Waals surface area contributed by atoms with Gasteiger partial charge in [0.15, 0.2) is 5.60 Å². The zero-order chi connectivity index (χ0) is 30.7. The molecule has 1 spiro atoms. The lowest BCUT2D eigenvalue weighted by Gasteiger charge is -2.31. The molecule has 3 saturated heterocycles. The predicted molar refractivity (Wildman–Crippen MR) is 165 cm³/mol. The van der Waals surface area contributed by atoms with E-state index in [9.17, 15) is 19.5 Å². The van der Waals surface area contributed by atoms with Crippen molar-refractivity contribution in [3.05, 3.63) is 58.1 Å². The molecule has 9 nitrogen and oxygen atoms in total. The summed E-state index contributed by atoms with van der Waals surface area (Å²) in [5.41, 5.74) is 0.778. The zero-order valence-electron chi connectivity index (χ0n) is 24.6. The summed E-state index contributed by atoms with van der Waals surface area (Å²) in [6.07, 6.45) is 0.313. The lowest BCUT2D eigenvalue weighted by Crippen LogP contribution is -2.45. The number of benzene rings is 2. The third-order valence-corrected chi connectivity index (χ3v) is 12.5. The van der Waals surface area contributed by atoms with Gasteiger partial charge in [-0.25, -0.2) is 4.79 Å². The van der Waals surface area contributed by atoms with Crippen LogP contribution in [0.2, 0.25) is 18.6 Å². The Morgan fingerprint density at radius 2 is 1.98 bits per heavy atom. The minimum atomic E-state index is -3.44. The van der Waals surface area contributed by atoms with E-state index in [4.69, 9.17) is 9.47 Å². The van der Waals surface area contributed by atoms with Gasteiger partial charge in [-0.3, -0.25) is 14.5 Å². The van der Waals surface area contributed by atoms with Gasteiger partial charge in [0.25, 0.3) is 5.91 Å². The fourth-order valence-corrected chi connectivity index (χ4v) is 10.5. The highest BCUT2D eigenvalue weighted by atomic mass is 79.9. The van der Waals surface area contributed by atoms with Gasteiger partial charge in [0, 0.05) is 33.7 Å². The third kappa shape index (κ3) is 5.09. The van der Waals surface area contributed by atoms with Crippen molar-refractivity contribution in [3.8, 4) is 0 Å². The van der Waals surface area contributed by atoms with Gasteiger partial charge in [0.1, 0.15) is 6.61 Å². The number of likely N-dealkylation sites (tertiary alicyclic amines) is 1. The van der Waals surface area contributed by atoms with Crippen LogP contribution >= 0.6 is 15.9 Å². The second kappa shape index (κ2) is 11.3. The summed E-state index contributed by atoms with van der Waals surface area (Å²) in [5.74, 6) is -0.991. The number of nitrogens with zero attached hydrogens (tertiary/aromatic N) is 3. The van der Waals surface area contributed by atoms with Crippen molar-refractivity contribution in [2.75, 3.05) is 36.1 Å². The summed E-state index contributed by atoms with van der Waals surface area (Å²) in [6, 6.07) is 12.8. The van der Waals surface area contributed by atoms with Crippen LogP contribution in [-0.4, -0.2) is 74.8 Å². The number of amides is 3. The molecule has 4 aliphatic heterocycles. The first-order valence-electron chi connectivity index (χ1n) is 14.9. The quantitative estimate of drug-likeness (QED) is 0.324. The number of fused-ring (bicyclic) bond motifs is 2. The highest BCUT2D eigenvalue weighted by Gasteiger charge is 2.67. The average molecular weight is 675 g/mol. The van der Waals surface area contributed by atoms with E-state index in [1.54, 1.807) is 27.8 Å². The van der Waals surface area contributed by atoms with Gasteiger partial charge in [-0.05, 0) is 61.8 Å². The van der Waals surface area contributed by atoms with Crippen molar-refractivity contribution < 1.29 is 33.1 Å². The number of carbonyl (C=O) groups excluding carboxylic acids is 3. The molecule has 43 heavy (non-hydrogen) atoms. The number of anilines is 2. The van der Waals surface area contributed by atoms with Gasteiger partial charge in [-0.1, -0.05) is 35.0 Å². The fourth-order valence-electron chi connectivity index (χ4n) is 7.65. The molecule has 3 amide bonds. The van der Waals surface area contributed by atoms with Gasteiger partial charge < -0.3 is 28.5 Å². The minimum absolute atomic E-state index is 0.0434. The first kappa shape index (κ1) is 30.2. The topological polar surface area (TPSA) is 99.6 Å². The van der Waals surface area contributed by atoms with Crippen molar-refractivity contribution >= 4 is 53.6 Å². The van der Waals surface area contributed by atoms with Crippen LogP contribution in [0.5, 0.6) is 0 Å². The Morgan fingerprint density at radius 1 is 1.19 bits per heavy atom. The number of hydrogen-bond acceptors (Lipinski definition) is 6. The molecule has 3 fully saturated rings. The van der Waals surface area contributed by atoms with Gasteiger partial charge in [-0.15, -0.1) is 0 Å². The molecule has 0 aromatic heterocycles. The van der Waals surface area contributed by atoms with Crippen LogP contribution in [0.25, 0.3) is 0 Å². The van der Waals surface area contributed by atoms with Crippen LogP contribution in [0.3, 0.4) is 0 Å². The van der Waals surface area contributed by atoms with E-state index < -0.39 is 37.7 Å². The molecule has 12 heteroatoms. The highest BCUT2D eigenvalue weighted by molar-refractivity contribution is 9.10.